The summed E-state index contributed by atoms with van der Waals surface area (Å²) in [5, 5.41) is 4.62. The van der Waals surface area contributed by atoms with Gasteiger partial charge in [-0.25, -0.2) is 4.98 Å². The summed E-state index contributed by atoms with van der Waals surface area (Å²) in [6.45, 7) is 7.00. The van der Waals surface area contributed by atoms with E-state index in [1.807, 2.05) is 30.9 Å². The van der Waals surface area contributed by atoms with Crippen molar-refractivity contribution < 1.29 is 9.59 Å². The summed E-state index contributed by atoms with van der Waals surface area (Å²) < 4.78 is 0. The molecule has 1 N–H and O–H groups in total. The lowest BCUT2D eigenvalue weighted by molar-refractivity contribution is -0.134. The van der Waals surface area contributed by atoms with Crippen molar-refractivity contribution in [2.24, 2.45) is 11.8 Å². The molecule has 1 unspecified atom stereocenters. The molecule has 0 saturated carbocycles. The van der Waals surface area contributed by atoms with Crippen LogP contribution in [0.3, 0.4) is 0 Å². The average Bonchev–Trinajstić information content (AvgIpc) is 3.16. The van der Waals surface area contributed by atoms with Crippen LogP contribution in [0, 0.1) is 11.8 Å². The number of rotatable bonds is 4. The Kier molecular flexibility index (Phi) is 6.29. The Morgan fingerprint density at radius 3 is 2.70 bits per heavy atom. The summed E-state index contributed by atoms with van der Waals surface area (Å²) in [6, 6.07) is 7.25. The van der Waals surface area contributed by atoms with E-state index in [0.29, 0.717) is 5.02 Å². The molecule has 4 rings (SSSR count). The van der Waals surface area contributed by atoms with Gasteiger partial charge in [-0.3, -0.25) is 9.59 Å². The van der Waals surface area contributed by atoms with Gasteiger partial charge in [-0.2, -0.15) is 0 Å². The fourth-order valence-corrected chi connectivity index (χ4v) is 5.44. The predicted molar refractivity (Wildman–Crippen MR) is 121 cm³/mol. The third-order valence-electron chi connectivity index (χ3n) is 5.75. The molecule has 6 nitrogen and oxygen atoms in total. The van der Waals surface area contributed by atoms with Gasteiger partial charge in [0, 0.05) is 53.6 Å². The molecule has 1 aliphatic heterocycles. The molecule has 8 heteroatoms. The third-order valence-corrected chi connectivity index (χ3v) is 7.16. The number of carbonyl (C=O) groups is 2. The standard InChI is InChI=1S/C22H27ClN4O2S/c1-14(2)21(29)26-8-10-27(11-9-26)22-25-18-7-6-15(12-19(18)30-22)20(28)24-17-5-3-4-16(23)13-17/h3-5,13-15H,6-12H2,1-2H3,(H,24,28). The number of halogens is 1. The lowest BCUT2D eigenvalue weighted by atomic mass is 9.90. The van der Waals surface area contributed by atoms with Gasteiger partial charge in [0.2, 0.25) is 11.8 Å². The Labute approximate surface area is 186 Å². The van der Waals surface area contributed by atoms with E-state index in [9.17, 15) is 9.59 Å². The number of benzene rings is 1. The quantitative estimate of drug-likeness (QED) is 0.774. The van der Waals surface area contributed by atoms with Crippen molar-refractivity contribution in [1.29, 1.82) is 0 Å². The van der Waals surface area contributed by atoms with E-state index in [1.54, 1.807) is 23.5 Å². The maximum atomic E-state index is 12.7. The Balaban J connectivity index is 1.37. The molecular formula is C22H27ClN4O2S. The topological polar surface area (TPSA) is 65.5 Å². The van der Waals surface area contributed by atoms with Crippen molar-refractivity contribution in [3.8, 4) is 0 Å². The highest BCUT2D eigenvalue weighted by molar-refractivity contribution is 7.15. The zero-order valence-electron chi connectivity index (χ0n) is 17.4. The third kappa shape index (κ3) is 4.62. The number of hydrogen-bond donors (Lipinski definition) is 1. The maximum absolute atomic E-state index is 12.7. The fourth-order valence-electron chi connectivity index (χ4n) is 4.01. The number of amides is 2. The van der Waals surface area contributed by atoms with Crippen molar-refractivity contribution >= 4 is 45.6 Å². The van der Waals surface area contributed by atoms with Crippen LogP contribution in [0.1, 0.15) is 30.8 Å². The number of piperazine rings is 1. The van der Waals surface area contributed by atoms with E-state index in [4.69, 9.17) is 16.6 Å². The SMILES string of the molecule is CC(C)C(=O)N1CCN(c2nc3c(s2)CC(C(=O)Nc2cccc(Cl)c2)CC3)CC1. The number of nitrogens with zero attached hydrogens (tertiary/aromatic N) is 3. The minimum Gasteiger partial charge on any atom is -0.345 e. The maximum Gasteiger partial charge on any atom is 0.227 e. The molecule has 0 radical (unpaired) electrons. The van der Waals surface area contributed by atoms with Crippen LogP contribution in [-0.4, -0.2) is 47.9 Å². The number of aryl methyl sites for hydroxylation is 1. The Bertz CT molecular complexity index is 937. The first kappa shape index (κ1) is 21.1. The Hall–Kier alpha value is -2.12. The molecule has 1 saturated heterocycles. The summed E-state index contributed by atoms with van der Waals surface area (Å²) in [5.41, 5.74) is 1.86. The van der Waals surface area contributed by atoms with Crippen molar-refractivity contribution in [2.75, 3.05) is 36.4 Å². The minimum atomic E-state index is -0.0507. The van der Waals surface area contributed by atoms with E-state index in [-0.39, 0.29) is 23.7 Å². The van der Waals surface area contributed by atoms with Gasteiger partial charge >= 0.3 is 0 Å². The molecule has 1 atom stereocenters. The van der Waals surface area contributed by atoms with Crippen LogP contribution in [0.15, 0.2) is 24.3 Å². The molecule has 2 aromatic rings. The first-order valence-electron chi connectivity index (χ1n) is 10.5. The number of aromatic nitrogens is 1. The highest BCUT2D eigenvalue weighted by Crippen LogP contribution is 2.35. The minimum absolute atomic E-state index is 0.0404. The van der Waals surface area contributed by atoms with Gasteiger partial charge in [-0.1, -0.05) is 31.5 Å². The molecule has 0 bridgehead atoms. The van der Waals surface area contributed by atoms with Crippen LogP contribution in [0.25, 0.3) is 0 Å². The van der Waals surface area contributed by atoms with Crippen LogP contribution in [0.5, 0.6) is 0 Å². The fraction of sp³-hybridized carbons (Fsp3) is 0.500. The lowest BCUT2D eigenvalue weighted by Gasteiger charge is -2.35. The molecule has 0 spiro atoms. The average molecular weight is 447 g/mol. The van der Waals surface area contributed by atoms with E-state index >= 15 is 0 Å². The van der Waals surface area contributed by atoms with E-state index in [0.717, 1.165) is 62.0 Å². The van der Waals surface area contributed by atoms with Crippen LogP contribution >= 0.6 is 22.9 Å². The summed E-state index contributed by atoms with van der Waals surface area (Å²) >= 11 is 7.71. The molecule has 1 aromatic heterocycles. The van der Waals surface area contributed by atoms with Gasteiger partial charge in [-0.15, -0.1) is 11.3 Å². The molecule has 160 valence electrons. The molecule has 1 aromatic carbocycles. The largest absolute Gasteiger partial charge is 0.345 e. The van der Waals surface area contributed by atoms with Crippen molar-refractivity contribution in [3.05, 3.63) is 39.9 Å². The van der Waals surface area contributed by atoms with E-state index < -0.39 is 0 Å². The number of thiazole rings is 1. The number of nitrogens with one attached hydrogen (secondary N) is 1. The van der Waals surface area contributed by atoms with Gasteiger partial charge in [0.25, 0.3) is 0 Å². The van der Waals surface area contributed by atoms with Crippen LogP contribution in [-0.2, 0) is 22.4 Å². The van der Waals surface area contributed by atoms with Crippen molar-refractivity contribution in [3.63, 3.8) is 0 Å². The summed E-state index contributed by atoms with van der Waals surface area (Å²) in [5.74, 6) is 0.254. The molecular weight excluding hydrogens is 420 g/mol. The van der Waals surface area contributed by atoms with Crippen LogP contribution < -0.4 is 10.2 Å². The lowest BCUT2D eigenvalue weighted by Crippen LogP contribution is -2.49. The second kappa shape index (κ2) is 8.94. The van der Waals surface area contributed by atoms with Crippen molar-refractivity contribution in [2.45, 2.75) is 33.1 Å². The summed E-state index contributed by atoms with van der Waals surface area (Å²) in [7, 11) is 0. The first-order chi connectivity index (χ1) is 14.4. The second-order valence-corrected chi connectivity index (χ2v) is 9.77. The molecule has 30 heavy (non-hydrogen) atoms. The van der Waals surface area contributed by atoms with Crippen LogP contribution in [0.2, 0.25) is 5.02 Å². The smallest absolute Gasteiger partial charge is 0.227 e. The first-order valence-corrected chi connectivity index (χ1v) is 11.7. The van der Waals surface area contributed by atoms with E-state index in [2.05, 4.69) is 10.2 Å². The molecule has 2 heterocycles. The number of anilines is 2. The highest BCUT2D eigenvalue weighted by atomic mass is 35.5. The number of carbonyl (C=O) groups excluding carboxylic acids is 2. The van der Waals surface area contributed by atoms with Crippen LogP contribution in [0.4, 0.5) is 10.8 Å². The Morgan fingerprint density at radius 1 is 1.23 bits per heavy atom. The number of hydrogen-bond acceptors (Lipinski definition) is 5. The van der Waals surface area contributed by atoms with Gasteiger partial charge in [0.1, 0.15) is 0 Å². The molecule has 1 fully saturated rings. The molecule has 2 aliphatic rings. The van der Waals surface area contributed by atoms with Crippen molar-refractivity contribution in [1.82, 2.24) is 9.88 Å². The predicted octanol–water partition coefficient (Wildman–Crippen LogP) is 3.84. The van der Waals surface area contributed by atoms with Gasteiger partial charge < -0.3 is 15.1 Å². The molecule has 1 aliphatic carbocycles. The van der Waals surface area contributed by atoms with Gasteiger partial charge in [0.05, 0.1) is 5.69 Å². The zero-order chi connectivity index (χ0) is 21.3. The normalized spacial score (nSPS) is 19.0. The van der Waals surface area contributed by atoms with Gasteiger partial charge in [0.15, 0.2) is 5.13 Å². The highest BCUT2D eigenvalue weighted by Gasteiger charge is 2.30. The second-order valence-electron chi connectivity index (χ2n) is 8.27. The Morgan fingerprint density at radius 2 is 2.00 bits per heavy atom. The monoisotopic (exact) mass is 446 g/mol. The summed E-state index contributed by atoms with van der Waals surface area (Å²) in [4.78, 5) is 35.2. The summed E-state index contributed by atoms with van der Waals surface area (Å²) in [6.07, 6.45) is 2.36. The van der Waals surface area contributed by atoms with E-state index in [1.165, 1.54) is 4.88 Å². The number of fused-ring (bicyclic) bond motifs is 1. The molecule has 2 amide bonds. The van der Waals surface area contributed by atoms with Gasteiger partial charge in [-0.05, 0) is 37.5 Å². The zero-order valence-corrected chi connectivity index (χ0v) is 18.9.